The molecule has 1 aromatic rings. The molecule has 0 aliphatic heterocycles. The van der Waals surface area contributed by atoms with Crippen LogP contribution in [-0.2, 0) is 11.2 Å². The lowest BCUT2D eigenvalue weighted by molar-refractivity contribution is 0.535. The first kappa shape index (κ1) is 21.6. The second-order valence-corrected chi connectivity index (χ2v) is 7.22. The number of nitrogens with zero attached hydrogens (tertiary/aromatic N) is 1. The highest BCUT2D eigenvalue weighted by Crippen LogP contribution is 2.16. The number of benzene rings is 1. The number of aryl methyl sites for hydroxylation is 1. The summed E-state index contributed by atoms with van der Waals surface area (Å²) in [6.45, 7) is 2.28. The molecule has 140 valence electrons. The van der Waals surface area contributed by atoms with Crippen molar-refractivity contribution >= 4 is 11.8 Å². The second-order valence-electron chi connectivity index (χ2n) is 7.22. The Morgan fingerprint density at radius 3 is 1.56 bits per heavy atom. The van der Waals surface area contributed by atoms with Gasteiger partial charge in [-0.3, -0.25) is 0 Å². The number of hydrogen-bond donors (Lipinski definition) is 0. The summed E-state index contributed by atoms with van der Waals surface area (Å²) < 4.78 is 0. The molecule has 0 aliphatic carbocycles. The molecule has 0 unspecified atom stereocenters. The van der Waals surface area contributed by atoms with Crippen molar-refractivity contribution < 1.29 is 4.79 Å². The number of unbranched alkanes of at least 4 members (excludes halogenated alkanes) is 13. The molecule has 0 amide bonds. The van der Waals surface area contributed by atoms with Gasteiger partial charge in [-0.25, -0.2) is 4.79 Å². The van der Waals surface area contributed by atoms with E-state index in [4.69, 9.17) is 0 Å². The van der Waals surface area contributed by atoms with Gasteiger partial charge >= 0.3 is 0 Å². The minimum atomic E-state index is 0.694. The summed E-state index contributed by atoms with van der Waals surface area (Å²) in [5.41, 5.74) is 2.03. The van der Waals surface area contributed by atoms with Crippen LogP contribution < -0.4 is 0 Å². The van der Waals surface area contributed by atoms with Crippen LogP contribution in [0.2, 0.25) is 0 Å². The van der Waals surface area contributed by atoms with Crippen molar-refractivity contribution in [1.29, 1.82) is 0 Å². The maximum absolute atomic E-state index is 10.2. The van der Waals surface area contributed by atoms with E-state index in [0.717, 1.165) is 6.42 Å². The normalized spacial score (nSPS) is 10.6. The Hall–Kier alpha value is -1.40. The summed E-state index contributed by atoms with van der Waals surface area (Å²) in [5, 5.41) is 0. The van der Waals surface area contributed by atoms with Gasteiger partial charge in [-0.15, -0.1) is 0 Å². The molecule has 0 bridgehead atoms. The van der Waals surface area contributed by atoms with Crippen LogP contribution in [0.4, 0.5) is 5.69 Å². The van der Waals surface area contributed by atoms with E-state index in [1.165, 1.54) is 95.5 Å². The molecular weight excluding hydrogens is 306 g/mol. The summed E-state index contributed by atoms with van der Waals surface area (Å²) in [5.74, 6) is 0. The Morgan fingerprint density at radius 2 is 1.12 bits per heavy atom. The maximum Gasteiger partial charge on any atom is 0.240 e. The number of aliphatic imine (C=N–C) groups is 1. The van der Waals surface area contributed by atoms with Crippen LogP contribution >= 0.6 is 0 Å². The van der Waals surface area contributed by atoms with E-state index in [1.807, 2.05) is 12.1 Å². The van der Waals surface area contributed by atoms with Crippen molar-refractivity contribution in [2.45, 2.75) is 103 Å². The summed E-state index contributed by atoms with van der Waals surface area (Å²) in [6.07, 6.45) is 22.3. The Balaban J connectivity index is 1.85. The largest absolute Gasteiger partial charge is 0.240 e. The highest BCUT2D eigenvalue weighted by molar-refractivity contribution is 5.49. The zero-order valence-electron chi connectivity index (χ0n) is 16.3. The summed E-state index contributed by atoms with van der Waals surface area (Å²) in [7, 11) is 0. The fourth-order valence-electron chi connectivity index (χ4n) is 3.31. The first-order valence-electron chi connectivity index (χ1n) is 10.5. The summed E-state index contributed by atoms with van der Waals surface area (Å²) in [4.78, 5) is 13.8. The fourth-order valence-corrected chi connectivity index (χ4v) is 3.31. The van der Waals surface area contributed by atoms with E-state index in [0.29, 0.717) is 5.69 Å². The van der Waals surface area contributed by atoms with Gasteiger partial charge in [-0.2, -0.15) is 4.99 Å². The average Bonchev–Trinajstić information content (AvgIpc) is 2.63. The molecule has 0 aromatic heterocycles. The SMILES string of the molecule is CCCCCCCCCCCCCCCCc1ccc(N=C=O)cc1. The zero-order chi connectivity index (χ0) is 18.0. The Labute approximate surface area is 155 Å². The lowest BCUT2D eigenvalue weighted by atomic mass is 10.0. The van der Waals surface area contributed by atoms with Gasteiger partial charge in [-0.1, -0.05) is 103 Å². The molecule has 1 aromatic carbocycles. The molecule has 0 saturated heterocycles. The molecule has 0 fully saturated rings. The Bertz CT molecular complexity index is 459. The standard InChI is InChI=1S/C23H37NO/c1-2-3-4-5-6-7-8-9-10-11-12-13-14-15-16-22-17-19-23(20-18-22)24-21-25/h17-20H,2-16H2,1H3. The third-order valence-corrected chi connectivity index (χ3v) is 4.93. The molecule has 2 heteroatoms. The molecule has 0 aliphatic rings. The minimum Gasteiger partial charge on any atom is -0.211 e. The van der Waals surface area contributed by atoms with Gasteiger partial charge in [-0.05, 0) is 30.5 Å². The van der Waals surface area contributed by atoms with Crippen LogP contribution in [0.15, 0.2) is 29.3 Å². The Morgan fingerprint density at radius 1 is 0.680 bits per heavy atom. The van der Waals surface area contributed by atoms with Crippen molar-refractivity contribution in [2.24, 2.45) is 4.99 Å². The van der Waals surface area contributed by atoms with Crippen LogP contribution in [-0.4, -0.2) is 6.08 Å². The third kappa shape index (κ3) is 12.6. The zero-order valence-corrected chi connectivity index (χ0v) is 16.3. The van der Waals surface area contributed by atoms with E-state index in [1.54, 1.807) is 6.08 Å². The van der Waals surface area contributed by atoms with E-state index in [9.17, 15) is 4.79 Å². The summed E-state index contributed by atoms with van der Waals surface area (Å²) >= 11 is 0. The molecule has 0 saturated carbocycles. The highest BCUT2D eigenvalue weighted by Gasteiger charge is 1.96. The number of rotatable bonds is 16. The maximum atomic E-state index is 10.2. The minimum absolute atomic E-state index is 0.694. The van der Waals surface area contributed by atoms with Crippen LogP contribution in [0.3, 0.4) is 0 Å². The first-order valence-corrected chi connectivity index (χ1v) is 10.5. The van der Waals surface area contributed by atoms with Crippen LogP contribution in [0.5, 0.6) is 0 Å². The molecule has 0 heterocycles. The van der Waals surface area contributed by atoms with Crippen LogP contribution in [0.1, 0.15) is 102 Å². The van der Waals surface area contributed by atoms with Crippen molar-refractivity contribution in [3.05, 3.63) is 29.8 Å². The van der Waals surface area contributed by atoms with Crippen molar-refractivity contribution in [2.75, 3.05) is 0 Å². The molecule has 0 spiro atoms. The van der Waals surface area contributed by atoms with Gasteiger partial charge in [0.1, 0.15) is 0 Å². The Kier molecular flexibility index (Phi) is 13.9. The second kappa shape index (κ2) is 16.1. The third-order valence-electron chi connectivity index (χ3n) is 4.93. The monoisotopic (exact) mass is 343 g/mol. The van der Waals surface area contributed by atoms with Gasteiger partial charge in [0.05, 0.1) is 5.69 Å². The quantitative estimate of drug-likeness (QED) is 0.172. The lowest BCUT2D eigenvalue weighted by Crippen LogP contribution is -1.86. The molecular formula is C23H37NO. The topological polar surface area (TPSA) is 29.4 Å². The number of isocyanates is 1. The van der Waals surface area contributed by atoms with Gasteiger partial charge < -0.3 is 0 Å². The average molecular weight is 344 g/mol. The summed E-state index contributed by atoms with van der Waals surface area (Å²) in [6, 6.07) is 7.92. The predicted molar refractivity (Wildman–Crippen MR) is 108 cm³/mol. The van der Waals surface area contributed by atoms with Gasteiger partial charge in [0.2, 0.25) is 6.08 Å². The smallest absolute Gasteiger partial charge is 0.211 e. The van der Waals surface area contributed by atoms with E-state index >= 15 is 0 Å². The van der Waals surface area contributed by atoms with E-state index in [-0.39, 0.29) is 0 Å². The fraction of sp³-hybridized carbons (Fsp3) is 0.696. The highest BCUT2D eigenvalue weighted by atomic mass is 16.1. The van der Waals surface area contributed by atoms with Gasteiger partial charge in [0.15, 0.2) is 0 Å². The lowest BCUT2D eigenvalue weighted by Gasteiger charge is -2.04. The molecule has 25 heavy (non-hydrogen) atoms. The van der Waals surface area contributed by atoms with E-state index < -0.39 is 0 Å². The first-order chi connectivity index (χ1) is 12.4. The van der Waals surface area contributed by atoms with Crippen molar-refractivity contribution in [1.82, 2.24) is 0 Å². The van der Waals surface area contributed by atoms with Crippen LogP contribution in [0, 0.1) is 0 Å². The molecule has 1 rings (SSSR count). The van der Waals surface area contributed by atoms with Crippen LogP contribution in [0.25, 0.3) is 0 Å². The molecule has 0 radical (unpaired) electrons. The molecule has 0 atom stereocenters. The molecule has 0 N–H and O–H groups in total. The van der Waals surface area contributed by atoms with E-state index in [2.05, 4.69) is 24.0 Å². The van der Waals surface area contributed by atoms with Gasteiger partial charge in [0.25, 0.3) is 0 Å². The number of carbonyl (C=O) groups excluding carboxylic acids is 1. The van der Waals surface area contributed by atoms with Crippen molar-refractivity contribution in [3.63, 3.8) is 0 Å². The van der Waals surface area contributed by atoms with Gasteiger partial charge in [0, 0.05) is 0 Å². The van der Waals surface area contributed by atoms with Crippen molar-refractivity contribution in [3.8, 4) is 0 Å². The predicted octanol–water partition coefficient (Wildman–Crippen LogP) is 7.68. The molecule has 2 nitrogen and oxygen atoms in total. The number of hydrogen-bond acceptors (Lipinski definition) is 2.